The van der Waals surface area contributed by atoms with E-state index in [1.54, 1.807) is 0 Å². The lowest BCUT2D eigenvalue weighted by molar-refractivity contribution is -0.137. The number of carboxylic acid groups (broad SMARTS) is 1. The SMILES string of the molecule is Cc1cc(C(C)(C)C)nc(C(N)CC(=O)O)n1. The quantitative estimate of drug-likeness (QED) is 0.832. The number of hydrogen-bond donors (Lipinski definition) is 2. The summed E-state index contributed by atoms with van der Waals surface area (Å²) in [6, 6.07) is 1.24. The molecular weight excluding hydrogens is 218 g/mol. The molecule has 0 aliphatic rings. The highest BCUT2D eigenvalue weighted by molar-refractivity contribution is 5.67. The summed E-state index contributed by atoms with van der Waals surface area (Å²) in [5.74, 6) is -0.544. The largest absolute Gasteiger partial charge is 0.481 e. The number of aromatic nitrogens is 2. The zero-order chi connectivity index (χ0) is 13.2. The molecule has 0 radical (unpaired) electrons. The number of nitrogens with two attached hydrogens (primary N) is 1. The van der Waals surface area contributed by atoms with E-state index < -0.39 is 12.0 Å². The molecule has 0 aliphatic carbocycles. The molecule has 5 heteroatoms. The maximum atomic E-state index is 10.6. The molecule has 1 aromatic heterocycles. The third-order valence-corrected chi connectivity index (χ3v) is 2.37. The third kappa shape index (κ3) is 3.78. The molecule has 94 valence electrons. The molecule has 5 nitrogen and oxygen atoms in total. The van der Waals surface area contributed by atoms with Gasteiger partial charge in [-0.05, 0) is 13.0 Å². The fraction of sp³-hybridized carbons (Fsp3) is 0.583. The number of aryl methyl sites for hydroxylation is 1. The minimum Gasteiger partial charge on any atom is -0.481 e. The smallest absolute Gasteiger partial charge is 0.305 e. The van der Waals surface area contributed by atoms with Crippen LogP contribution in [0.5, 0.6) is 0 Å². The molecule has 0 amide bonds. The van der Waals surface area contributed by atoms with Crippen molar-refractivity contribution in [3.05, 3.63) is 23.3 Å². The summed E-state index contributed by atoms with van der Waals surface area (Å²) in [4.78, 5) is 19.2. The predicted octanol–water partition coefficient (Wildman–Crippen LogP) is 1.56. The number of nitrogens with zero attached hydrogens (tertiary/aromatic N) is 2. The molecule has 0 saturated carbocycles. The highest BCUT2D eigenvalue weighted by atomic mass is 16.4. The molecule has 1 atom stereocenters. The Bertz CT molecular complexity index is 424. The number of carbonyl (C=O) groups is 1. The Labute approximate surface area is 101 Å². The Morgan fingerprint density at radius 1 is 1.47 bits per heavy atom. The predicted molar refractivity (Wildman–Crippen MR) is 64.7 cm³/mol. The maximum absolute atomic E-state index is 10.6. The summed E-state index contributed by atoms with van der Waals surface area (Å²) in [6.07, 6.45) is -0.160. The van der Waals surface area contributed by atoms with Crippen LogP contribution in [0.1, 0.15) is 50.4 Å². The Hall–Kier alpha value is -1.49. The highest BCUT2D eigenvalue weighted by Crippen LogP contribution is 2.22. The van der Waals surface area contributed by atoms with Crippen molar-refractivity contribution in [3.8, 4) is 0 Å². The van der Waals surface area contributed by atoms with Gasteiger partial charge < -0.3 is 10.8 Å². The number of hydrogen-bond acceptors (Lipinski definition) is 4. The van der Waals surface area contributed by atoms with Crippen LogP contribution in [0, 0.1) is 6.92 Å². The molecule has 0 aliphatic heterocycles. The van der Waals surface area contributed by atoms with Crippen LogP contribution in [0.4, 0.5) is 0 Å². The van der Waals surface area contributed by atoms with Gasteiger partial charge in [-0.25, -0.2) is 9.97 Å². The summed E-state index contributed by atoms with van der Waals surface area (Å²) in [5.41, 5.74) is 7.35. The molecule has 3 N–H and O–H groups in total. The van der Waals surface area contributed by atoms with Crippen LogP contribution in [-0.4, -0.2) is 21.0 Å². The second kappa shape index (κ2) is 4.79. The first-order valence-electron chi connectivity index (χ1n) is 5.53. The molecule has 0 fully saturated rings. The van der Waals surface area contributed by atoms with Crippen molar-refractivity contribution in [2.45, 2.75) is 45.6 Å². The van der Waals surface area contributed by atoms with E-state index in [-0.39, 0.29) is 11.8 Å². The van der Waals surface area contributed by atoms with E-state index in [0.29, 0.717) is 5.82 Å². The topological polar surface area (TPSA) is 89.1 Å². The van der Waals surface area contributed by atoms with Gasteiger partial charge in [0.2, 0.25) is 0 Å². The molecule has 0 spiro atoms. The van der Waals surface area contributed by atoms with Crippen molar-refractivity contribution < 1.29 is 9.90 Å². The maximum Gasteiger partial charge on any atom is 0.305 e. The van der Waals surface area contributed by atoms with Gasteiger partial charge in [-0.3, -0.25) is 4.79 Å². The van der Waals surface area contributed by atoms with Crippen LogP contribution in [-0.2, 0) is 10.2 Å². The summed E-state index contributed by atoms with van der Waals surface area (Å²) in [6.45, 7) is 7.98. The van der Waals surface area contributed by atoms with E-state index in [2.05, 4.69) is 9.97 Å². The fourth-order valence-electron chi connectivity index (χ4n) is 1.42. The lowest BCUT2D eigenvalue weighted by Crippen LogP contribution is -2.22. The monoisotopic (exact) mass is 237 g/mol. The Kier molecular flexibility index (Phi) is 3.83. The van der Waals surface area contributed by atoms with Crippen molar-refractivity contribution in [2.24, 2.45) is 5.73 Å². The van der Waals surface area contributed by atoms with Crippen molar-refractivity contribution >= 4 is 5.97 Å². The van der Waals surface area contributed by atoms with E-state index in [1.165, 1.54) is 0 Å². The van der Waals surface area contributed by atoms with Crippen molar-refractivity contribution in [2.75, 3.05) is 0 Å². The van der Waals surface area contributed by atoms with Gasteiger partial charge in [-0.1, -0.05) is 20.8 Å². The van der Waals surface area contributed by atoms with E-state index >= 15 is 0 Å². The molecule has 1 aromatic rings. The van der Waals surface area contributed by atoms with Crippen LogP contribution < -0.4 is 5.73 Å². The second-order valence-electron chi connectivity index (χ2n) is 5.21. The lowest BCUT2D eigenvalue weighted by Gasteiger charge is -2.20. The molecule has 1 unspecified atom stereocenters. The molecular formula is C12H19N3O2. The van der Waals surface area contributed by atoms with Gasteiger partial charge in [0.1, 0.15) is 5.82 Å². The number of carboxylic acids is 1. The van der Waals surface area contributed by atoms with Gasteiger partial charge in [0.15, 0.2) is 0 Å². The van der Waals surface area contributed by atoms with Crippen LogP contribution >= 0.6 is 0 Å². The normalized spacial score (nSPS) is 13.5. The molecule has 0 saturated heterocycles. The average molecular weight is 237 g/mol. The zero-order valence-electron chi connectivity index (χ0n) is 10.7. The Morgan fingerprint density at radius 3 is 2.53 bits per heavy atom. The van der Waals surface area contributed by atoms with Gasteiger partial charge in [-0.2, -0.15) is 0 Å². The van der Waals surface area contributed by atoms with E-state index in [0.717, 1.165) is 11.4 Å². The molecule has 17 heavy (non-hydrogen) atoms. The van der Waals surface area contributed by atoms with E-state index in [4.69, 9.17) is 10.8 Å². The van der Waals surface area contributed by atoms with Crippen molar-refractivity contribution in [3.63, 3.8) is 0 Å². The number of rotatable bonds is 3. The summed E-state index contributed by atoms with van der Waals surface area (Å²) < 4.78 is 0. The van der Waals surface area contributed by atoms with Gasteiger partial charge in [0.05, 0.1) is 12.5 Å². The Morgan fingerprint density at radius 2 is 2.06 bits per heavy atom. The van der Waals surface area contributed by atoms with E-state index in [9.17, 15) is 4.79 Å². The molecule has 1 heterocycles. The standard InChI is InChI=1S/C12H19N3O2/c1-7-5-9(12(2,3)4)15-11(14-7)8(13)6-10(16)17/h5,8H,6,13H2,1-4H3,(H,16,17). The first-order valence-corrected chi connectivity index (χ1v) is 5.53. The first kappa shape index (κ1) is 13.6. The summed E-state index contributed by atoms with van der Waals surface area (Å²) in [5, 5.41) is 8.71. The van der Waals surface area contributed by atoms with E-state index in [1.807, 2.05) is 33.8 Å². The average Bonchev–Trinajstić information content (AvgIpc) is 2.14. The minimum absolute atomic E-state index is 0.106. The van der Waals surface area contributed by atoms with Crippen LogP contribution in [0.3, 0.4) is 0 Å². The van der Waals surface area contributed by atoms with Crippen LogP contribution in [0.15, 0.2) is 6.07 Å². The molecule has 0 aromatic carbocycles. The van der Waals surface area contributed by atoms with Crippen molar-refractivity contribution in [1.82, 2.24) is 9.97 Å². The number of aliphatic carboxylic acids is 1. The fourth-order valence-corrected chi connectivity index (χ4v) is 1.42. The van der Waals surface area contributed by atoms with Crippen LogP contribution in [0.25, 0.3) is 0 Å². The van der Waals surface area contributed by atoms with Crippen LogP contribution in [0.2, 0.25) is 0 Å². The van der Waals surface area contributed by atoms with Gasteiger partial charge in [-0.15, -0.1) is 0 Å². The molecule has 0 bridgehead atoms. The summed E-state index contributed by atoms with van der Waals surface area (Å²) >= 11 is 0. The third-order valence-electron chi connectivity index (χ3n) is 2.37. The van der Waals surface area contributed by atoms with Crippen molar-refractivity contribution in [1.29, 1.82) is 0 Å². The van der Waals surface area contributed by atoms with Gasteiger partial charge in [0.25, 0.3) is 0 Å². The lowest BCUT2D eigenvalue weighted by atomic mass is 9.91. The second-order valence-corrected chi connectivity index (χ2v) is 5.21. The van der Waals surface area contributed by atoms with Gasteiger partial charge in [0, 0.05) is 16.8 Å². The molecule has 1 rings (SSSR count). The first-order chi connectivity index (χ1) is 7.70. The summed E-state index contributed by atoms with van der Waals surface area (Å²) in [7, 11) is 0. The minimum atomic E-state index is -0.945. The highest BCUT2D eigenvalue weighted by Gasteiger charge is 2.20. The Balaban J connectivity index is 3.09. The van der Waals surface area contributed by atoms with Gasteiger partial charge >= 0.3 is 5.97 Å². The zero-order valence-corrected chi connectivity index (χ0v) is 10.7.